The third-order valence-corrected chi connectivity index (χ3v) is 4.53. The summed E-state index contributed by atoms with van der Waals surface area (Å²) in [4.78, 5) is 31.4. The van der Waals surface area contributed by atoms with Crippen LogP contribution < -0.4 is 5.32 Å². The zero-order chi connectivity index (χ0) is 18.2. The first kappa shape index (κ1) is 19.4. The van der Waals surface area contributed by atoms with Gasteiger partial charge in [-0.3, -0.25) is 9.59 Å². The highest BCUT2D eigenvalue weighted by Crippen LogP contribution is 2.22. The summed E-state index contributed by atoms with van der Waals surface area (Å²) in [5, 5.41) is 2.88. The second-order valence-electron chi connectivity index (χ2n) is 6.52. The molecule has 1 aromatic rings. The van der Waals surface area contributed by atoms with Crippen molar-refractivity contribution in [3.63, 3.8) is 0 Å². The number of nitrogens with one attached hydrogen (secondary N) is 1. The van der Waals surface area contributed by atoms with Crippen LogP contribution in [-0.2, 0) is 17.7 Å². The maximum atomic E-state index is 12.8. The summed E-state index contributed by atoms with van der Waals surface area (Å²) in [6, 6.07) is 0. The normalized spacial score (nSPS) is 13.4. The first-order valence-corrected chi connectivity index (χ1v) is 9.22. The van der Waals surface area contributed by atoms with Gasteiger partial charge in [0.2, 0.25) is 0 Å². The van der Waals surface area contributed by atoms with Crippen molar-refractivity contribution >= 4 is 11.8 Å². The van der Waals surface area contributed by atoms with Gasteiger partial charge in [0, 0.05) is 40.4 Å². The number of amides is 2. The lowest BCUT2D eigenvalue weighted by Gasteiger charge is -2.20. The predicted octanol–water partition coefficient (Wildman–Crippen LogP) is 1.86. The number of carbonyl (C=O) groups is 2. The average Bonchev–Trinajstić information content (AvgIpc) is 3.02. The molecule has 25 heavy (non-hydrogen) atoms. The number of nitrogens with zero attached hydrogens (tertiary/aromatic N) is 3. The quantitative estimate of drug-likeness (QED) is 0.690. The molecule has 0 aliphatic carbocycles. The molecular formula is C18H30N4O3. The van der Waals surface area contributed by atoms with Crippen molar-refractivity contribution in [2.24, 2.45) is 0 Å². The van der Waals surface area contributed by atoms with E-state index >= 15 is 0 Å². The Morgan fingerprint density at radius 3 is 2.84 bits per heavy atom. The molecule has 7 nitrogen and oxygen atoms in total. The van der Waals surface area contributed by atoms with Gasteiger partial charge in [0.25, 0.3) is 11.8 Å². The van der Waals surface area contributed by atoms with Crippen molar-refractivity contribution in [1.29, 1.82) is 0 Å². The van der Waals surface area contributed by atoms with Crippen LogP contribution in [0, 0.1) is 0 Å². The smallest absolute Gasteiger partial charge is 0.289 e. The first-order valence-electron chi connectivity index (χ1n) is 9.22. The highest BCUT2D eigenvalue weighted by Gasteiger charge is 2.28. The van der Waals surface area contributed by atoms with Crippen molar-refractivity contribution < 1.29 is 14.3 Å². The Morgan fingerprint density at radius 1 is 1.32 bits per heavy atom. The number of ether oxygens (including phenoxy) is 1. The standard InChI is InChI=1S/C18H30N4O3/c1-4-5-11-21(2)18(24)16-20-15(14-9-6-7-12-22(14)16)17(23)19-10-8-13-25-3/h4-13H2,1-3H3,(H,19,23). The van der Waals surface area contributed by atoms with Gasteiger partial charge in [0.15, 0.2) is 5.82 Å². The zero-order valence-electron chi connectivity index (χ0n) is 15.6. The summed E-state index contributed by atoms with van der Waals surface area (Å²) in [6.45, 7) is 4.70. The summed E-state index contributed by atoms with van der Waals surface area (Å²) < 4.78 is 6.94. The molecule has 1 aromatic heterocycles. The lowest BCUT2D eigenvalue weighted by Crippen LogP contribution is -2.31. The largest absolute Gasteiger partial charge is 0.385 e. The van der Waals surface area contributed by atoms with Gasteiger partial charge in [-0.25, -0.2) is 4.98 Å². The monoisotopic (exact) mass is 350 g/mol. The first-order chi connectivity index (χ1) is 12.1. The van der Waals surface area contributed by atoms with Crippen LogP contribution in [0.15, 0.2) is 0 Å². The van der Waals surface area contributed by atoms with E-state index < -0.39 is 0 Å². The molecule has 2 rings (SSSR count). The topological polar surface area (TPSA) is 76.5 Å². The van der Waals surface area contributed by atoms with E-state index in [2.05, 4.69) is 17.2 Å². The van der Waals surface area contributed by atoms with Crippen LogP contribution in [0.3, 0.4) is 0 Å². The molecule has 2 amide bonds. The minimum atomic E-state index is -0.197. The lowest BCUT2D eigenvalue weighted by atomic mass is 10.1. The van der Waals surface area contributed by atoms with E-state index in [9.17, 15) is 9.59 Å². The number of aromatic nitrogens is 2. The van der Waals surface area contributed by atoms with Crippen LogP contribution in [0.4, 0.5) is 0 Å². The fourth-order valence-electron chi connectivity index (χ4n) is 3.06. The Hall–Kier alpha value is -1.89. The third-order valence-electron chi connectivity index (χ3n) is 4.53. The highest BCUT2D eigenvalue weighted by molar-refractivity contribution is 5.97. The molecule has 1 aliphatic rings. The maximum Gasteiger partial charge on any atom is 0.289 e. The number of hydrogen-bond acceptors (Lipinski definition) is 4. The summed E-state index contributed by atoms with van der Waals surface area (Å²) in [5.74, 6) is 0.0994. The molecule has 0 saturated carbocycles. The van der Waals surface area contributed by atoms with Crippen LogP contribution >= 0.6 is 0 Å². The lowest BCUT2D eigenvalue weighted by molar-refractivity contribution is 0.0775. The number of fused-ring (bicyclic) bond motifs is 1. The molecular weight excluding hydrogens is 320 g/mol. The van der Waals surface area contributed by atoms with E-state index in [4.69, 9.17) is 4.74 Å². The Kier molecular flexibility index (Phi) is 7.43. The summed E-state index contributed by atoms with van der Waals surface area (Å²) >= 11 is 0. The Morgan fingerprint density at radius 2 is 2.12 bits per heavy atom. The van der Waals surface area contributed by atoms with Crippen LogP contribution in [0.25, 0.3) is 0 Å². The minimum absolute atomic E-state index is 0.102. The van der Waals surface area contributed by atoms with E-state index in [0.717, 1.165) is 50.8 Å². The number of unbranched alkanes of at least 4 members (excludes halogenated alkanes) is 1. The van der Waals surface area contributed by atoms with Gasteiger partial charge in [-0.15, -0.1) is 0 Å². The minimum Gasteiger partial charge on any atom is -0.385 e. The molecule has 0 fully saturated rings. The Bertz CT molecular complexity index is 597. The fraction of sp³-hybridized carbons (Fsp3) is 0.722. The average molecular weight is 350 g/mol. The second kappa shape index (κ2) is 9.56. The number of hydrogen-bond donors (Lipinski definition) is 1. The number of rotatable bonds is 9. The van der Waals surface area contributed by atoms with Crippen LogP contribution in [0.1, 0.15) is 65.8 Å². The predicted molar refractivity (Wildman–Crippen MR) is 95.9 cm³/mol. The summed E-state index contributed by atoms with van der Waals surface area (Å²) in [6.07, 6.45) is 5.57. The van der Waals surface area contributed by atoms with Gasteiger partial charge in [0.1, 0.15) is 5.69 Å². The number of imidazole rings is 1. The molecule has 0 aromatic carbocycles. The molecule has 0 saturated heterocycles. The van der Waals surface area contributed by atoms with Crippen LogP contribution in [0.5, 0.6) is 0 Å². The van der Waals surface area contributed by atoms with Crippen molar-refractivity contribution in [3.05, 3.63) is 17.2 Å². The van der Waals surface area contributed by atoms with Gasteiger partial charge < -0.3 is 19.5 Å². The Balaban J connectivity index is 2.17. The number of carbonyl (C=O) groups excluding carboxylic acids is 2. The molecule has 7 heteroatoms. The van der Waals surface area contributed by atoms with E-state index in [1.54, 1.807) is 19.1 Å². The molecule has 0 radical (unpaired) electrons. The molecule has 0 unspecified atom stereocenters. The van der Waals surface area contributed by atoms with Crippen LogP contribution in [0.2, 0.25) is 0 Å². The second-order valence-corrected chi connectivity index (χ2v) is 6.52. The molecule has 0 bridgehead atoms. The van der Waals surface area contributed by atoms with Crippen molar-refractivity contribution in [1.82, 2.24) is 19.8 Å². The van der Waals surface area contributed by atoms with Gasteiger partial charge >= 0.3 is 0 Å². The van der Waals surface area contributed by atoms with E-state index in [1.165, 1.54) is 0 Å². The summed E-state index contributed by atoms with van der Waals surface area (Å²) in [5.41, 5.74) is 1.30. The summed E-state index contributed by atoms with van der Waals surface area (Å²) in [7, 11) is 3.44. The van der Waals surface area contributed by atoms with E-state index in [0.29, 0.717) is 31.2 Å². The molecule has 1 N–H and O–H groups in total. The van der Waals surface area contributed by atoms with Gasteiger partial charge in [-0.05, 0) is 32.1 Å². The van der Waals surface area contributed by atoms with Gasteiger partial charge in [0.05, 0.1) is 5.69 Å². The van der Waals surface area contributed by atoms with Crippen LogP contribution in [-0.4, -0.2) is 60.1 Å². The highest BCUT2D eigenvalue weighted by atomic mass is 16.5. The maximum absolute atomic E-state index is 12.8. The Labute approximate surface area is 149 Å². The third kappa shape index (κ3) is 4.81. The fourth-order valence-corrected chi connectivity index (χ4v) is 3.06. The van der Waals surface area contributed by atoms with E-state index in [-0.39, 0.29) is 11.8 Å². The van der Waals surface area contributed by atoms with Crippen molar-refractivity contribution in [2.45, 2.75) is 52.0 Å². The molecule has 140 valence electrons. The van der Waals surface area contributed by atoms with Gasteiger partial charge in [-0.2, -0.15) is 0 Å². The molecule has 0 spiro atoms. The zero-order valence-corrected chi connectivity index (χ0v) is 15.6. The SMILES string of the molecule is CCCCN(C)C(=O)c1nc(C(=O)NCCCOC)c2n1CCCC2. The molecule has 1 aliphatic heterocycles. The molecule has 0 atom stereocenters. The van der Waals surface area contributed by atoms with E-state index in [1.807, 2.05) is 4.57 Å². The van der Waals surface area contributed by atoms with Gasteiger partial charge in [-0.1, -0.05) is 13.3 Å². The van der Waals surface area contributed by atoms with Crippen molar-refractivity contribution in [2.75, 3.05) is 33.9 Å². The van der Waals surface area contributed by atoms with Crippen molar-refractivity contribution in [3.8, 4) is 0 Å². The molecule has 2 heterocycles. The number of methoxy groups -OCH3 is 1.